The summed E-state index contributed by atoms with van der Waals surface area (Å²) in [5.41, 5.74) is 2.18. The number of carbonyl (C=O) groups excluding carboxylic acids is 1. The molecule has 2 aromatic carbocycles. The Hall–Kier alpha value is -3.28. The second kappa shape index (κ2) is 7.53. The molecule has 6 heteroatoms. The standard InChI is InChI=1S/C19H15F2N3O/c20-16-6-1-14(2-7-16)5-10-19(25)23-18-11-22-24(13-18)12-15-3-8-17(21)9-4-15/h1-11,13H,12H2,(H,23,25)/b10-5+. The maximum absolute atomic E-state index is 12.9. The van der Waals surface area contributed by atoms with E-state index in [0.29, 0.717) is 12.2 Å². The van der Waals surface area contributed by atoms with Crippen LogP contribution < -0.4 is 5.32 Å². The third-order valence-corrected chi connectivity index (χ3v) is 3.46. The Morgan fingerprint density at radius 3 is 2.36 bits per heavy atom. The Kier molecular flexibility index (Phi) is 4.99. The van der Waals surface area contributed by atoms with Crippen molar-refractivity contribution in [3.05, 3.63) is 89.8 Å². The van der Waals surface area contributed by atoms with Crippen molar-refractivity contribution in [3.63, 3.8) is 0 Å². The molecule has 126 valence electrons. The first kappa shape index (κ1) is 16.6. The van der Waals surface area contributed by atoms with Crippen LogP contribution in [0.25, 0.3) is 6.08 Å². The van der Waals surface area contributed by atoms with Crippen molar-refractivity contribution in [1.29, 1.82) is 0 Å². The summed E-state index contributed by atoms with van der Waals surface area (Å²) >= 11 is 0. The number of benzene rings is 2. The molecule has 0 radical (unpaired) electrons. The summed E-state index contributed by atoms with van der Waals surface area (Å²) in [5, 5.41) is 6.85. The minimum atomic E-state index is -0.324. The van der Waals surface area contributed by atoms with E-state index in [1.807, 2.05) is 0 Å². The quantitative estimate of drug-likeness (QED) is 0.718. The first-order valence-electron chi connectivity index (χ1n) is 7.60. The molecule has 1 heterocycles. The van der Waals surface area contributed by atoms with Gasteiger partial charge in [-0.15, -0.1) is 0 Å². The van der Waals surface area contributed by atoms with Gasteiger partial charge in [-0.25, -0.2) is 8.78 Å². The summed E-state index contributed by atoms with van der Waals surface area (Å²) in [5.74, 6) is -0.925. The Labute approximate surface area is 143 Å². The zero-order valence-corrected chi connectivity index (χ0v) is 13.2. The predicted octanol–water partition coefficient (Wildman–Crippen LogP) is 3.86. The van der Waals surface area contributed by atoms with Gasteiger partial charge in [0.05, 0.1) is 18.4 Å². The van der Waals surface area contributed by atoms with E-state index >= 15 is 0 Å². The zero-order chi connectivity index (χ0) is 17.6. The van der Waals surface area contributed by atoms with Gasteiger partial charge in [-0.1, -0.05) is 24.3 Å². The number of nitrogens with one attached hydrogen (secondary N) is 1. The summed E-state index contributed by atoms with van der Waals surface area (Å²) in [6, 6.07) is 12.0. The lowest BCUT2D eigenvalue weighted by Crippen LogP contribution is -2.07. The normalized spacial score (nSPS) is 11.0. The highest BCUT2D eigenvalue weighted by Gasteiger charge is 2.03. The van der Waals surface area contributed by atoms with E-state index in [0.717, 1.165) is 11.1 Å². The largest absolute Gasteiger partial charge is 0.320 e. The molecular weight excluding hydrogens is 324 g/mol. The molecule has 0 bridgehead atoms. The highest BCUT2D eigenvalue weighted by Crippen LogP contribution is 2.10. The van der Waals surface area contributed by atoms with Crippen molar-refractivity contribution in [3.8, 4) is 0 Å². The number of hydrogen-bond acceptors (Lipinski definition) is 2. The van der Waals surface area contributed by atoms with Crippen LogP contribution in [-0.2, 0) is 11.3 Å². The van der Waals surface area contributed by atoms with Gasteiger partial charge in [0.25, 0.3) is 0 Å². The number of rotatable bonds is 5. The van der Waals surface area contributed by atoms with Gasteiger partial charge < -0.3 is 5.32 Å². The molecule has 0 spiro atoms. The van der Waals surface area contributed by atoms with Crippen LogP contribution in [0.2, 0.25) is 0 Å². The van der Waals surface area contributed by atoms with Crippen LogP contribution >= 0.6 is 0 Å². The molecule has 0 atom stereocenters. The van der Waals surface area contributed by atoms with Crippen LogP contribution in [0.15, 0.2) is 67.0 Å². The number of amides is 1. The van der Waals surface area contributed by atoms with Gasteiger partial charge in [0.2, 0.25) is 5.91 Å². The van der Waals surface area contributed by atoms with Crippen molar-refractivity contribution < 1.29 is 13.6 Å². The van der Waals surface area contributed by atoms with E-state index in [9.17, 15) is 13.6 Å². The number of carbonyl (C=O) groups is 1. The van der Waals surface area contributed by atoms with Crippen LogP contribution in [0.1, 0.15) is 11.1 Å². The first-order valence-corrected chi connectivity index (χ1v) is 7.60. The molecule has 0 unspecified atom stereocenters. The highest BCUT2D eigenvalue weighted by molar-refractivity contribution is 6.01. The lowest BCUT2D eigenvalue weighted by molar-refractivity contribution is -0.111. The third-order valence-electron chi connectivity index (χ3n) is 3.46. The maximum Gasteiger partial charge on any atom is 0.248 e. The summed E-state index contributed by atoms with van der Waals surface area (Å²) in [4.78, 5) is 11.9. The molecule has 3 rings (SSSR count). The van der Waals surface area contributed by atoms with Gasteiger partial charge in [-0.05, 0) is 41.5 Å². The molecule has 0 saturated carbocycles. The third kappa shape index (κ3) is 4.84. The number of hydrogen-bond donors (Lipinski definition) is 1. The molecule has 25 heavy (non-hydrogen) atoms. The van der Waals surface area contributed by atoms with E-state index in [1.165, 1.54) is 36.5 Å². The molecule has 3 aromatic rings. The molecule has 0 saturated heterocycles. The molecule has 0 aliphatic rings. The van der Waals surface area contributed by atoms with Gasteiger partial charge in [-0.2, -0.15) is 5.10 Å². The molecular formula is C19H15F2N3O. The smallest absolute Gasteiger partial charge is 0.248 e. The summed E-state index contributed by atoms with van der Waals surface area (Å²) in [6.45, 7) is 0.474. The van der Waals surface area contributed by atoms with Crippen molar-refractivity contribution >= 4 is 17.7 Å². The summed E-state index contributed by atoms with van der Waals surface area (Å²) < 4.78 is 27.4. The fourth-order valence-electron chi connectivity index (χ4n) is 2.22. The molecule has 1 amide bonds. The summed E-state index contributed by atoms with van der Waals surface area (Å²) in [7, 11) is 0. The lowest BCUT2D eigenvalue weighted by Gasteiger charge is -2.01. The van der Waals surface area contributed by atoms with E-state index in [2.05, 4.69) is 10.4 Å². The molecule has 0 aliphatic heterocycles. The van der Waals surface area contributed by atoms with Gasteiger partial charge >= 0.3 is 0 Å². The van der Waals surface area contributed by atoms with Crippen LogP contribution in [0.4, 0.5) is 14.5 Å². The van der Waals surface area contributed by atoms with Crippen LogP contribution in [-0.4, -0.2) is 15.7 Å². The van der Waals surface area contributed by atoms with Crippen molar-refractivity contribution in [2.75, 3.05) is 5.32 Å². The van der Waals surface area contributed by atoms with Gasteiger partial charge in [-0.3, -0.25) is 9.48 Å². The van der Waals surface area contributed by atoms with E-state index < -0.39 is 0 Å². The minimum Gasteiger partial charge on any atom is -0.320 e. The van der Waals surface area contributed by atoms with E-state index in [1.54, 1.807) is 41.2 Å². The topological polar surface area (TPSA) is 46.9 Å². The fourth-order valence-corrected chi connectivity index (χ4v) is 2.22. The van der Waals surface area contributed by atoms with Gasteiger partial charge in [0, 0.05) is 12.3 Å². The second-order valence-corrected chi connectivity index (χ2v) is 5.43. The SMILES string of the molecule is O=C(/C=C/c1ccc(F)cc1)Nc1cnn(Cc2ccc(F)cc2)c1. The molecule has 0 aliphatic carbocycles. The average molecular weight is 339 g/mol. The molecule has 0 fully saturated rings. The second-order valence-electron chi connectivity index (χ2n) is 5.43. The maximum atomic E-state index is 12.9. The predicted molar refractivity (Wildman–Crippen MR) is 91.8 cm³/mol. The highest BCUT2D eigenvalue weighted by atomic mass is 19.1. The number of halogens is 2. The minimum absolute atomic E-state index is 0.287. The number of nitrogens with zero attached hydrogens (tertiary/aromatic N) is 2. The van der Waals surface area contributed by atoms with E-state index in [-0.39, 0.29) is 17.5 Å². The Morgan fingerprint density at radius 2 is 1.68 bits per heavy atom. The van der Waals surface area contributed by atoms with Gasteiger partial charge in [0.1, 0.15) is 11.6 Å². The van der Waals surface area contributed by atoms with Crippen LogP contribution in [0.5, 0.6) is 0 Å². The number of anilines is 1. The molecule has 4 nitrogen and oxygen atoms in total. The van der Waals surface area contributed by atoms with E-state index in [4.69, 9.17) is 0 Å². The summed E-state index contributed by atoms with van der Waals surface area (Å²) in [6.07, 6.45) is 6.18. The Bertz CT molecular complexity index is 884. The number of aromatic nitrogens is 2. The van der Waals surface area contributed by atoms with Crippen LogP contribution in [0.3, 0.4) is 0 Å². The Balaban J connectivity index is 1.57. The lowest BCUT2D eigenvalue weighted by atomic mass is 10.2. The Morgan fingerprint density at radius 1 is 1.04 bits per heavy atom. The van der Waals surface area contributed by atoms with Crippen molar-refractivity contribution in [2.24, 2.45) is 0 Å². The van der Waals surface area contributed by atoms with Crippen molar-refractivity contribution in [1.82, 2.24) is 9.78 Å². The van der Waals surface area contributed by atoms with Crippen molar-refractivity contribution in [2.45, 2.75) is 6.54 Å². The zero-order valence-electron chi connectivity index (χ0n) is 13.2. The monoisotopic (exact) mass is 339 g/mol. The van der Waals surface area contributed by atoms with Crippen LogP contribution in [0, 0.1) is 11.6 Å². The fraction of sp³-hybridized carbons (Fsp3) is 0.0526. The average Bonchev–Trinajstić information content (AvgIpc) is 3.03. The van der Waals surface area contributed by atoms with Gasteiger partial charge in [0.15, 0.2) is 0 Å². The first-order chi connectivity index (χ1) is 12.1. The molecule has 1 N–H and O–H groups in total. The molecule has 1 aromatic heterocycles.